The molecule has 0 aliphatic carbocycles. The minimum atomic E-state index is 0.505. The van der Waals surface area contributed by atoms with Gasteiger partial charge in [-0.3, -0.25) is 0 Å². The first-order valence-electron chi connectivity index (χ1n) is 7.32. The number of benzene rings is 1. The van der Waals surface area contributed by atoms with E-state index >= 15 is 0 Å². The van der Waals surface area contributed by atoms with Gasteiger partial charge < -0.3 is 24.1 Å². The molecule has 126 valence electrons. The van der Waals surface area contributed by atoms with E-state index in [9.17, 15) is 0 Å². The molecule has 2 aromatic heterocycles. The summed E-state index contributed by atoms with van der Waals surface area (Å²) < 4.78 is 16.3. The second kappa shape index (κ2) is 6.61. The van der Waals surface area contributed by atoms with Crippen molar-refractivity contribution in [2.45, 2.75) is 6.54 Å². The number of ether oxygens (including phenoxy) is 3. The fraction of sp³-hybridized carbons (Fsp3) is 0.312. The summed E-state index contributed by atoms with van der Waals surface area (Å²) in [7, 11) is 6.66. The van der Waals surface area contributed by atoms with Gasteiger partial charge in [0.1, 0.15) is 23.5 Å². The predicted octanol–water partition coefficient (Wildman–Crippen LogP) is 2.02. The first-order chi connectivity index (χ1) is 11.7. The second-order valence-electron chi connectivity index (χ2n) is 5.13. The van der Waals surface area contributed by atoms with E-state index in [4.69, 9.17) is 14.2 Å². The highest BCUT2D eigenvalue weighted by atomic mass is 16.5. The van der Waals surface area contributed by atoms with Crippen LogP contribution in [0.4, 0.5) is 5.82 Å². The molecule has 0 aliphatic heterocycles. The Morgan fingerprint density at radius 2 is 1.83 bits per heavy atom. The molecule has 0 atom stereocenters. The molecule has 0 radical (unpaired) electrons. The quantitative estimate of drug-likeness (QED) is 0.740. The minimum absolute atomic E-state index is 0.505. The van der Waals surface area contributed by atoms with Crippen LogP contribution in [0.25, 0.3) is 10.9 Å². The maximum Gasteiger partial charge on any atom is 0.205 e. The average Bonchev–Trinajstić information content (AvgIpc) is 3.12. The van der Waals surface area contributed by atoms with E-state index in [-0.39, 0.29) is 0 Å². The van der Waals surface area contributed by atoms with Crippen LogP contribution < -0.4 is 19.1 Å². The lowest BCUT2D eigenvalue weighted by molar-refractivity contribution is 0.327. The van der Waals surface area contributed by atoms with Crippen molar-refractivity contribution in [3.8, 4) is 17.2 Å². The van der Waals surface area contributed by atoms with Gasteiger partial charge in [0.2, 0.25) is 5.75 Å². The molecule has 24 heavy (non-hydrogen) atoms. The number of hydrogen-bond donors (Lipinski definition) is 1. The molecule has 0 fully saturated rings. The van der Waals surface area contributed by atoms with E-state index in [0.717, 1.165) is 17.0 Å². The van der Waals surface area contributed by atoms with Crippen molar-refractivity contribution in [1.82, 2.24) is 19.9 Å². The number of H-pyrrole nitrogens is 1. The summed E-state index contributed by atoms with van der Waals surface area (Å²) in [6.45, 7) is 0.579. The molecule has 0 aliphatic rings. The van der Waals surface area contributed by atoms with E-state index < -0.39 is 0 Å². The predicted molar refractivity (Wildman–Crippen MR) is 89.9 cm³/mol. The average molecular weight is 329 g/mol. The van der Waals surface area contributed by atoms with Crippen LogP contribution in [0.5, 0.6) is 17.2 Å². The number of methoxy groups -OCH3 is 3. The summed E-state index contributed by atoms with van der Waals surface area (Å²) in [6, 6.07) is 1.85. The lowest BCUT2D eigenvalue weighted by Crippen LogP contribution is -2.19. The maximum atomic E-state index is 5.50. The molecule has 0 amide bonds. The topological polar surface area (TPSA) is 85.4 Å². The van der Waals surface area contributed by atoms with E-state index in [2.05, 4.69) is 19.9 Å². The molecule has 2 heterocycles. The molecule has 8 nitrogen and oxygen atoms in total. The van der Waals surface area contributed by atoms with Crippen molar-refractivity contribution in [2.75, 3.05) is 33.3 Å². The maximum absolute atomic E-state index is 5.50. The molecule has 1 N–H and O–H groups in total. The fourth-order valence-corrected chi connectivity index (χ4v) is 2.64. The van der Waals surface area contributed by atoms with Gasteiger partial charge in [0.25, 0.3) is 0 Å². The largest absolute Gasteiger partial charge is 0.493 e. The zero-order chi connectivity index (χ0) is 17.1. The van der Waals surface area contributed by atoms with Crippen molar-refractivity contribution in [1.29, 1.82) is 0 Å². The number of aromatic nitrogens is 4. The summed E-state index contributed by atoms with van der Waals surface area (Å²) in [5.74, 6) is 3.17. The van der Waals surface area contributed by atoms with Crippen molar-refractivity contribution in [3.05, 3.63) is 30.6 Å². The number of imidazole rings is 1. The van der Waals surface area contributed by atoms with Crippen molar-refractivity contribution in [2.24, 2.45) is 0 Å². The SMILES string of the molecule is COc1cc2c(N(C)Cc3ncc[nH]3)ncnc2c(OC)c1OC. The second-order valence-corrected chi connectivity index (χ2v) is 5.13. The fourth-order valence-electron chi connectivity index (χ4n) is 2.64. The van der Waals surface area contributed by atoms with Gasteiger partial charge >= 0.3 is 0 Å². The monoisotopic (exact) mass is 329 g/mol. The van der Waals surface area contributed by atoms with Crippen LogP contribution >= 0.6 is 0 Å². The lowest BCUT2D eigenvalue weighted by atomic mass is 10.1. The van der Waals surface area contributed by atoms with Crippen molar-refractivity contribution in [3.63, 3.8) is 0 Å². The van der Waals surface area contributed by atoms with Crippen molar-refractivity contribution < 1.29 is 14.2 Å². The summed E-state index contributed by atoms with van der Waals surface area (Å²) in [5.41, 5.74) is 0.659. The number of hydrogen-bond acceptors (Lipinski definition) is 7. The van der Waals surface area contributed by atoms with Crippen LogP contribution in [0.15, 0.2) is 24.8 Å². The summed E-state index contributed by atoms with van der Waals surface area (Å²) in [6.07, 6.45) is 5.01. The highest BCUT2D eigenvalue weighted by Crippen LogP contribution is 2.44. The molecule has 0 unspecified atom stereocenters. The van der Waals surface area contributed by atoms with Gasteiger partial charge in [-0.1, -0.05) is 0 Å². The molecule has 0 bridgehead atoms. The zero-order valence-electron chi connectivity index (χ0n) is 14.0. The Morgan fingerprint density at radius 3 is 2.46 bits per heavy atom. The van der Waals surface area contributed by atoms with Gasteiger partial charge in [-0.15, -0.1) is 0 Å². The number of nitrogens with one attached hydrogen (secondary N) is 1. The molecule has 3 aromatic rings. The normalized spacial score (nSPS) is 10.7. The minimum Gasteiger partial charge on any atom is -0.493 e. The molecule has 0 spiro atoms. The molecule has 1 aromatic carbocycles. The third kappa shape index (κ3) is 2.66. The molecular formula is C16H19N5O3. The summed E-state index contributed by atoms with van der Waals surface area (Å²) >= 11 is 0. The number of anilines is 1. The van der Waals surface area contributed by atoms with Crippen LogP contribution in [0.1, 0.15) is 5.82 Å². The third-order valence-electron chi connectivity index (χ3n) is 3.71. The van der Waals surface area contributed by atoms with Crippen molar-refractivity contribution >= 4 is 16.7 Å². The van der Waals surface area contributed by atoms with Crippen LogP contribution in [0, 0.1) is 0 Å². The van der Waals surface area contributed by atoms with Crippen LogP contribution in [-0.2, 0) is 6.54 Å². The van der Waals surface area contributed by atoms with Crippen LogP contribution in [-0.4, -0.2) is 48.3 Å². The highest BCUT2D eigenvalue weighted by molar-refractivity contribution is 5.96. The molecule has 0 saturated heterocycles. The van der Waals surface area contributed by atoms with E-state index in [0.29, 0.717) is 29.3 Å². The number of fused-ring (bicyclic) bond motifs is 1. The number of nitrogens with zero attached hydrogens (tertiary/aromatic N) is 4. The summed E-state index contributed by atoms with van der Waals surface area (Å²) in [4.78, 5) is 18.1. The Kier molecular flexibility index (Phi) is 4.37. The third-order valence-corrected chi connectivity index (χ3v) is 3.71. The highest BCUT2D eigenvalue weighted by Gasteiger charge is 2.20. The molecule has 0 saturated carbocycles. The van der Waals surface area contributed by atoms with Crippen LogP contribution in [0.2, 0.25) is 0 Å². The number of rotatable bonds is 6. The van der Waals surface area contributed by atoms with Gasteiger partial charge in [0, 0.05) is 19.4 Å². The van der Waals surface area contributed by atoms with Gasteiger partial charge in [0.05, 0.1) is 33.3 Å². The Morgan fingerprint density at radius 1 is 1.04 bits per heavy atom. The van der Waals surface area contributed by atoms with Gasteiger partial charge in [-0.05, 0) is 6.07 Å². The van der Waals surface area contributed by atoms with Gasteiger partial charge in [0.15, 0.2) is 11.5 Å². The Hall–Kier alpha value is -3.03. The van der Waals surface area contributed by atoms with E-state index in [1.807, 2.05) is 18.0 Å². The smallest absolute Gasteiger partial charge is 0.205 e. The first kappa shape index (κ1) is 15.9. The Bertz CT molecular complexity index is 835. The number of aromatic amines is 1. The Balaban J connectivity index is 2.15. The molecule has 8 heteroatoms. The van der Waals surface area contributed by atoms with E-state index in [1.54, 1.807) is 33.7 Å². The van der Waals surface area contributed by atoms with E-state index in [1.165, 1.54) is 6.33 Å². The standard InChI is InChI=1S/C16H19N5O3/c1-21(8-12-17-5-6-18-12)16-10-7-11(22-2)14(23-3)15(24-4)13(10)19-9-20-16/h5-7,9H,8H2,1-4H3,(H,17,18). The zero-order valence-corrected chi connectivity index (χ0v) is 14.0. The first-order valence-corrected chi connectivity index (χ1v) is 7.32. The molecule has 3 rings (SSSR count). The molecular weight excluding hydrogens is 310 g/mol. The van der Waals surface area contributed by atoms with Crippen LogP contribution in [0.3, 0.4) is 0 Å². The van der Waals surface area contributed by atoms with Gasteiger partial charge in [-0.25, -0.2) is 15.0 Å². The Labute approximate surface area is 139 Å². The lowest BCUT2D eigenvalue weighted by Gasteiger charge is -2.20. The van der Waals surface area contributed by atoms with Gasteiger partial charge in [-0.2, -0.15) is 0 Å². The summed E-state index contributed by atoms with van der Waals surface area (Å²) in [5, 5.41) is 0.807.